The first-order valence-electron chi connectivity index (χ1n) is 7.14. The molecule has 0 bridgehead atoms. The van der Waals surface area contributed by atoms with Gasteiger partial charge in [0.05, 0.1) is 4.92 Å². The Hall–Kier alpha value is -3.02. The van der Waals surface area contributed by atoms with Gasteiger partial charge in [0.1, 0.15) is 0 Å². The van der Waals surface area contributed by atoms with Crippen molar-refractivity contribution in [3.63, 3.8) is 0 Å². The topological polar surface area (TPSA) is 76.3 Å². The number of nitrogens with zero attached hydrogens (tertiary/aromatic N) is 3. The van der Waals surface area contributed by atoms with Crippen molar-refractivity contribution in [3.05, 3.63) is 76.1 Å². The van der Waals surface area contributed by atoms with Gasteiger partial charge in [-0.05, 0) is 23.8 Å². The van der Waals surface area contributed by atoms with Crippen molar-refractivity contribution in [2.45, 2.75) is 6.42 Å². The van der Waals surface area contributed by atoms with E-state index in [-0.39, 0.29) is 11.6 Å². The highest BCUT2D eigenvalue weighted by Gasteiger charge is 2.07. The van der Waals surface area contributed by atoms with E-state index in [2.05, 4.69) is 4.98 Å². The van der Waals surface area contributed by atoms with Crippen molar-refractivity contribution in [2.75, 3.05) is 13.6 Å². The van der Waals surface area contributed by atoms with Crippen molar-refractivity contribution in [1.82, 2.24) is 9.88 Å². The van der Waals surface area contributed by atoms with E-state index in [1.54, 1.807) is 36.4 Å². The Bertz CT molecular complexity index is 714. The number of hydrogen-bond donors (Lipinski definition) is 0. The van der Waals surface area contributed by atoms with Gasteiger partial charge in [-0.3, -0.25) is 19.9 Å². The van der Waals surface area contributed by atoms with Crippen molar-refractivity contribution >= 4 is 17.7 Å². The van der Waals surface area contributed by atoms with Crippen LogP contribution < -0.4 is 0 Å². The molecule has 118 valence electrons. The van der Waals surface area contributed by atoms with Gasteiger partial charge < -0.3 is 4.90 Å². The van der Waals surface area contributed by atoms with Crippen LogP contribution in [-0.2, 0) is 11.2 Å². The predicted octanol–water partition coefficient (Wildman–Crippen LogP) is 2.70. The highest BCUT2D eigenvalue weighted by molar-refractivity contribution is 5.91. The van der Waals surface area contributed by atoms with Gasteiger partial charge in [-0.1, -0.05) is 18.2 Å². The van der Waals surface area contributed by atoms with Crippen molar-refractivity contribution < 1.29 is 9.72 Å². The fraction of sp³-hybridized carbons (Fsp3) is 0.176. The monoisotopic (exact) mass is 311 g/mol. The lowest BCUT2D eigenvalue weighted by atomic mass is 10.2. The second-order valence-electron chi connectivity index (χ2n) is 5.02. The number of rotatable bonds is 6. The average molecular weight is 311 g/mol. The van der Waals surface area contributed by atoms with Crippen LogP contribution >= 0.6 is 0 Å². The minimum Gasteiger partial charge on any atom is -0.342 e. The second kappa shape index (κ2) is 7.84. The van der Waals surface area contributed by atoms with E-state index in [9.17, 15) is 14.9 Å². The summed E-state index contributed by atoms with van der Waals surface area (Å²) in [7, 11) is 1.71. The molecule has 0 unspecified atom stereocenters. The lowest BCUT2D eigenvalue weighted by Gasteiger charge is -2.14. The Balaban J connectivity index is 1.92. The van der Waals surface area contributed by atoms with Crippen LogP contribution in [0, 0.1) is 10.1 Å². The molecule has 1 amide bonds. The average Bonchev–Trinajstić information content (AvgIpc) is 2.58. The number of pyridine rings is 1. The van der Waals surface area contributed by atoms with Gasteiger partial charge in [-0.2, -0.15) is 0 Å². The zero-order chi connectivity index (χ0) is 16.7. The van der Waals surface area contributed by atoms with E-state index < -0.39 is 4.92 Å². The summed E-state index contributed by atoms with van der Waals surface area (Å²) in [4.78, 5) is 28.1. The molecule has 6 nitrogen and oxygen atoms in total. The molecule has 0 radical (unpaired) electrons. The number of benzene rings is 1. The molecule has 1 aromatic carbocycles. The zero-order valence-electron chi connectivity index (χ0n) is 12.8. The largest absolute Gasteiger partial charge is 0.342 e. The smallest absolute Gasteiger partial charge is 0.270 e. The third kappa shape index (κ3) is 5.03. The summed E-state index contributed by atoms with van der Waals surface area (Å²) in [5.41, 5.74) is 1.54. The number of carbonyl (C=O) groups excluding carboxylic acids is 1. The number of aromatic nitrogens is 1. The van der Waals surface area contributed by atoms with Crippen LogP contribution in [0.1, 0.15) is 11.3 Å². The fourth-order valence-electron chi connectivity index (χ4n) is 1.98. The van der Waals surface area contributed by atoms with Crippen molar-refractivity contribution in [2.24, 2.45) is 0 Å². The van der Waals surface area contributed by atoms with E-state index in [1.165, 1.54) is 18.2 Å². The fourth-order valence-corrected chi connectivity index (χ4v) is 1.98. The van der Waals surface area contributed by atoms with Gasteiger partial charge in [-0.25, -0.2) is 0 Å². The molecule has 0 aliphatic rings. The molecule has 2 rings (SSSR count). The van der Waals surface area contributed by atoms with Crippen LogP contribution in [0.25, 0.3) is 6.08 Å². The second-order valence-corrected chi connectivity index (χ2v) is 5.02. The summed E-state index contributed by atoms with van der Waals surface area (Å²) in [6.45, 7) is 0.551. The zero-order valence-corrected chi connectivity index (χ0v) is 12.8. The van der Waals surface area contributed by atoms with E-state index in [1.807, 2.05) is 18.2 Å². The maximum absolute atomic E-state index is 12.0. The molecule has 23 heavy (non-hydrogen) atoms. The summed E-state index contributed by atoms with van der Waals surface area (Å²) in [6.07, 6.45) is 5.39. The number of nitro groups is 1. The van der Waals surface area contributed by atoms with Gasteiger partial charge in [-0.15, -0.1) is 0 Å². The summed E-state index contributed by atoms with van der Waals surface area (Å²) in [5.74, 6) is -0.160. The van der Waals surface area contributed by atoms with E-state index in [4.69, 9.17) is 0 Å². The highest BCUT2D eigenvalue weighted by Crippen LogP contribution is 2.14. The quantitative estimate of drug-likeness (QED) is 0.467. The Morgan fingerprint density at radius 2 is 2.13 bits per heavy atom. The number of non-ortho nitro benzene ring substituents is 1. The molecule has 0 N–H and O–H groups in total. The van der Waals surface area contributed by atoms with E-state index in [0.717, 1.165) is 5.69 Å². The summed E-state index contributed by atoms with van der Waals surface area (Å²) >= 11 is 0. The first-order chi connectivity index (χ1) is 11.1. The van der Waals surface area contributed by atoms with Gasteiger partial charge in [0.2, 0.25) is 5.91 Å². The molecule has 0 saturated carbocycles. The molecule has 2 aromatic rings. The van der Waals surface area contributed by atoms with Crippen molar-refractivity contribution in [1.29, 1.82) is 0 Å². The van der Waals surface area contributed by atoms with Crippen LogP contribution in [-0.4, -0.2) is 34.3 Å². The molecular weight excluding hydrogens is 294 g/mol. The molecule has 6 heteroatoms. The third-order valence-electron chi connectivity index (χ3n) is 3.31. The van der Waals surface area contributed by atoms with Gasteiger partial charge >= 0.3 is 0 Å². The summed E-state index contributed by atoms with van der Waals surface area (Å²) in [5, 5.41) is 10.7. The highest BCUT2D eigenvalue weighted by atomic mass is 16.6. The van der Waals surface area contributed by atoms with Crippen LogP contribution in [0.15, 0.2) is 54.7 Å². The molecule has 0 spiro atoms. The Kier molecular flexibility index (Phi) is 5.57. The van der Waals surface area contributed by atoms with Gasteiger partial charge in [0.15, 0.2) is 0 Å². The molecule has 0 atom stereocenters. The predicted molar refractivity (Wildman–Crippen MR) is 87.7 cm³/mol. The number of amides is 1. The maximum atomic E-state index is 12.0. The number of nitro benzene ring substituents is 1. The number of carbonyl (C=O) groups is 1. The number of hydrogen-bond acceptors (Lipinski definition) is 4. The SMILES string of the molecule is CN(CCc1ccccn1)C(=O)/C=C/c1cccc([N+](=O)[O-])c1. The van der Waals surface area contributed by atoms with Gasteiger partial charge in [0, 0.05) is 50.1 Å². The lowest BCUT2D eigenvalue weighted by Crippen LogP contribution is -2.27. The van der Waals surface area contributed by atoms with Gasteiger partial charge in [0.25, 0.3) is 5.69 Å². The molecule has 0 saturated heterocycles. The van der Waals surface area contributed by atoms with Crippen LogP contribution in [0.3, 0.4) is 0 Å². The van der Waals surface area contributed by atoms with Crippen molar-refractivity contribution in [3.8, 4) is 0 Å². The van der Waals surface area contributed by atoms with E-state index >= 15 is 0 Å². The molecular formula is C17H17N3O3. The standard InChI is InChI=1S/C17H17N3O3/c1-19(12-10-15-6-2-3-11-18-15)17(21)9-8-14-5-4-7-16(13-14)20(22)23/h2-9,11,13H,10,12H2,1H3/b9-8+. The molecule has 1 aromatic heterocycles. The molecule has 0 fully saturated rings. The summed E-state index contributed by atoms with van der Waals surface area (Å²) < 4.78 is 0. The van der Waals surface area contributed by atoms with E-state index in [0.29, 0.717) is 18.5 Å². The number of likely N-dealkylation sites (N-methyl/N-ethyl adjacent to an activating group) is 1. The molecule has 0 aliphatic carbocycles. The Morgan fingerprint density at radius 3 is 2.83 bits per heavy atom. The van der Waals surface area contributed by atoms with Crippen LogP contribution in [0.5, 0.6) is 0 Å². The minimum absolute atomic E-state index is 0.00288. The lowest BCUT2D eigenvalue weighted by molar-refractivity contribution is -0.384. The normalized spacial score (nSPS) is 10.7. The van der Waals surface area contributed by atoms with Crippen LogP contribution in [0.4, 0.5) is 5.69 Å². The minimum atomic E-state index is -0.460. The first kappa shape index (κ1) is 16.4. The maximum Gasteiger partial charge on any atom is 0.270 e. The molecule has 1 heterocycles. The Morgan fingerprint density at radius 1 is 1.30 bits per heavy atom. The summed E-state index contributed by atoms with van der Waals surface area (Å²) in [6, 6.07) is 11.8. The first-order valence-corrected chi connectivity index (χ1v) is 7.14. The van der Waals surface area contributed by atoms with Crippen LogP contribution in [0.2, 0.25) is 0 Å². The third-order valence-corrected chi connectivity index (χ3v) is 3.31. The molecule has 0 aliphatic heterocycles. The Labute approximate surface area is 134 Å².